The lowest BCUT2D eigenvalue weighted by atomic mass is 10.1. The van der Waals surface area contributed by atoms with Crippen molar-refractivity contribution in [3.8, 4) is 0 Å². The molecule has 0 aliphatic heterocycles. The maximum absolute atomic E-state index is 13.8. The van der Waals surface area contributed by atoms with Crippen LogP contribution in [0.25, 0.3) is 0 Å². The molecular weight excluding hydrogens is 305 g/mol. The SMILES string of the molecule is Cc1ccc(F)c(NC2CCc3c(Br)cccc32)c1. The third-order valence-corrected chi connectivity index (χ3v) is 4.41. The van der Waals surface area contributed by atoms with Crippen LogP contribution in [0.4, 0.5) is 10.1 Å². The molecule has 0 aromatic heterocycles. The van der Waals surface area contributed by atoms with Crippen LogP contribution in [0.5, 0.6) is 0 Å². The number of rotatable bonds is 2. The van der Waals surface area contributed by atoms with Crippen LogP contribution in [-0.2, 0) is 6.42 Å². The van der Waals surface area contributed by atoms with Gasteiger partial charge >= 0.3 is 0 Å². The summed E-state index contributed by atoms with van der Waals surface area (Å²) < 4.78 is 15.0. The van der Waals surface area contributed by atoms with Gasteiger partial charge in [0, 0.05) is 4.47 Å². The van der Waals surface area contributed by atoms with Crippen LogP contribution in [0, 0.1) is 12.7 Å². The predicted molar refractivity (Wildman–Crippen MR) is 80.0 cm³/mol. The van der Waals surface area contributed by atoms with E-state index in [4.69, 9.17) is 0 Å². The van der Waals surface area contributed by atoms with E-state index in [1.54, 1.807) is 6.07 Å². The van der Waals surface area contributed by atoms with Crippen molar-refractivity contribution < 1.29 is 4.39 Å². The molecule has 1 aliphatic carbocycles. The van der Waals surface area contributed by atoms with E-state index in [1.807, 2.05) is 19.1 Å². The van der Waals surface area contributed by atoms with Crippen LogP contribution in [0.2, 0.25) is 0 Å². The number of anilines is 1. The third kappa shape index (κ3) is 2.39. The van der Waals surface area contributed by atoms with E-state index >= 15 is 0 Å². The van der Waals surface area contributed by atoms with Crippen molar-refractivity contribution in [2.45, 2.75) is 25.8 Å². The summed E-state index contributed by atoms with van der Waals surface area (Å²) >= 11 is 3.58. The van der Waals surface area contributed by atoms with Gasteiger partial charge in [0.25, 0.3) is 0 Å². The van der Waals surface area contributed by atoms with E-state index in [1.165, 1.54) is 17.2 Å². The van der Waals surface area contributed by atoms with Gasteiger partial charge in [-0.05, 0) is 54.7 Å². The number of nitrogens with one attached hydrogen (secondary N) is 1. The Bertz CT molecular complexity index is 624. The highest BCUT2D eigenvalue weighted by Crippen LogP contribution is 2.38. The fraction of sp³-hybridized carbons (Fsp3) is 0.250. The summed E-state index contributed by atoms with van der Waals surface area (Å²) in [7, 11) is 0. The fourth-order valence-corrected chi connectivity index (χ4v) is 3.28. The van der Waals surface area contributed by atoms with E-state index in [0.717, 1.165) is 22.9 Å². The Morgan fingerprint density at radius 2 is 2.11 bits per heavy atom. The van der Waals surface area contributed by atoms with Crippen molar-refractivity contribution in [1.29, 1.82) is 0 Å². The first-order chi connectivity index (χ1) is 9.15. The van der Waals surface area contributed by atoms with Gasteiger partial charge < -0.3 is 5.32 Å². The molecule has 98 valence electrons. The van der Waals surface area contributed by atoms with Crippen LogP contribution >= 0.6 is 15.9 Å². The van der Waals surface area contributed by atoms with Crippen LogP contribution in [0.3, 0.4) is 0 Å². The number of hydrogen-bond donors (Lipinski definition) is 1. The van der Waals surface area contributed by atoms with Gasteiger partial charge in [-0.2, -0.15) is 0 Å². The molecule has 0 saturated heterocycles. The van der Waals surface area contributed by atoms with Crippen molar-refractivity contribution in [1.82, 2.24) is 0 Å². The quantitative estimate of drug-likeness (QED) is 0.821. The van der Waals surface area contributed by atoms with E-state index < -0.39 is 0 Å². The highest BCUT2D eigenvalue weighted by molar-refractivity contribution is 9.10. The van der Waals surface area contributed by atoms with Crippen LogP contribution < -0.4 is 5.32 Å². The van der Waals surface area contributed by atoms with Gasteiger partial charge in [0.05, 0.1) is 11.7 Å². The predicted octanol–water partition coefficient (Wildman–Crippen LogP) is 5.00. The average Bonchev–Trinajstić information content (AvgIpc) is 2.79. The molecule has 1 atom stereocenters. The van der Waals surface area contributed by atoms with Crippen LogP contribution in [0.1, 0.15) is 29.2 Å². The highest BCUT2D eigenvalue weighted by Gasteiger charge is 2.24. The van der Waals surface area contributed by atoms with Crippen LogP contribution in [0.15, 0.2) is 40.9 Å². The molecule has 0 saturated carbocycles. The number of fused-ring (bicyclic) bond motifs is 1. The molecule has 0 fully saturated rings. The van der Waals surface area contributed by atoms with Gasteiger partial charge in [-0.1, -0.05) is 34.1 Å². The van der Waals surface area contributed by atoms with Gasteiger partial charge in [-0.25, -0.2) is 4.39 Å². The van der Waals surface area contributed by atoms with Gasteiger partial charge in [0.1, 0.15) is 5.82 Å². The Kier molecular flexibility index (Phi) is 3.31. The van der Waals surface area contributed by atoms with E-state index in [2.05, 4.69) is 33.4 Å². The zero-order chi connectivity index (χ0) is 13.4. The lowest BCUT2D eigenvalue weighted by molar-refractivity contribution is 0.624. The van der Waals surface area contributed by atoms with E-state index in [0.29, 0.717) is 5.69 Å². The molecule has 1 nitrogen and oxygen atoms in total. The maximum Gasteiger partial charge on any atom is 0.146 e. The smallest absolute Gasteiger partial charge is 0.146 e. The van der Waals surface area contributed by atoms with Crippen molar-refractivity contribution in [3.63, 3.8) is 0 Å². The Balaban J connectivity index is 1.91. The topological polar surface area (TPSA) is 12.0 Å². The first-order valence-corrected chi connectivity index (χ1v) is 7.24. The van der Waals surface area contributed by atoms with Crippen molar-refractivity contribution in [2.24, 2.45) is 0 Å². The molecule has 3 rings (SSSR count). The molecule has 19 heavy (non-hydrogen) atoms. The van der Waals surface area contributed by atoms with Gasteiger partial charge in [-0.15, -0.1) is 0 Å². The molecule has 2 aromatic carbocycles. The minimum atomic E-state index is -0.186. The molecule has 0 bridgehead atoms. The first-order valence-electron chi connectivity index (χ1n) is 6.45. The summed E-state index contributed by atoms with van der Waals surface area (Å²) in [6.07, 6.45) is 2.03. The second-order valence-electron chi connectivity index (χ2n) is 5.03. The molecule has 0 amide bonds. The molecule has 3 heteroatoms. The second-order valence-corrected chi connectivity index (χ2v) is 5.88. The maximum atomic E-state index is 13.8. The number of hydrogen-bond acceptors (Lipinski definition) is 1. The average molecular weight is 320 g/mol. The lowest BCUT2D eigenvalue weighted by Gasteiger charge is -2.16. The molecule has 1 aliphatic rings. The Morgan fingerprint density at radius 1 is 1.26 bits per heavy atom. The minimum absolute atomic E-state index is 0.186. The zero-order valence-electron chi connectivity index (χ0n) is 10.7. The van der Waals surface area contributed by atoms with Crippen LogP contribution in [-0.4, -0.2) is 0 Å². The molecule has 1 unspecified atom stereocenters. The second kappa shape index (κ2) is 4.97. The molecule has 0 heterocycles. The standard InChI is InChI=1S/C16H15BrFN/c1-10-5-7-14(18)16(9-10)19-15-8-6-11-12(15)3-2-4-13(11)17/h2-5,7,9,15,19H,6,8H2,1H3. The molecule has 0 spiro atoms. The van der Waals surface area contributed by atoms with Gasteiger partial charge in [0.15, 0.2) is 0 Å². The normalized spacial score (nSPS) is 17.3. The number of aryl methyl sites for hydroxylation is 1. The molecular formula is C16H15BrFN. The molecule has 1 N–H and O–H groups in total. The zero-order valence-corrected chi connectivity index (χ0v) is 12.3. The molecule has 0 radical (unpaired) electrons. The lowest BCUT2D eigenvalue weighted by Crippen LogP contribution is -2.08. The van der Waals surface area contributed by atoms with Crippen molar-refractivity contribution >= 4 is 21.6 Å². The largest absolute Gasteiger partial charge is 0.376 e. The number of halogens is 2. The number of benzene rings is 2. The Hall–Kier alpha value is -1.35. The van der Waals surface area contributed by atoms with E-state index in [-0.39, 0.29) is 11.9 Å². The summed E-state index contributed by atoms with van der Waals surface area (Å²) in [5.41, 5.74) is 4.28. The Labute approximate surface area is 121 Å². The van der Waals surface area contributed by atoms with Crippen molar-refractivity contribution in [2.75, 3.05) is 5.32 Å². The van der Waals surface area contributed by atoms with Gasteiger partial charge in [-0.3, -0.25) is 0 Å². The summed E-state index contributed by atoms with van der Waals surface area (Å²) in [6.45, 7) is 1.98. The van der Waals surface area contributed by atoms with Gasteiger partial charge in [0.2, 0.25) is 0 Å². The van der Waals surface area contributed by atoms with E-state index in [9.17, 15) is 4.39 Å². The molecule has 2 aromatic rings. The third-order valence-electron chi connectivity index (χ3n) is 3.67. The summed E-state index contributed by atoms with van der Waals surface area (Å²) in [5.74, 6) is -0.186. The monoisotopic (exact) mass is 319 g/mol. The van der Waals surface area contributed by atoms with Crippen molar-refractivity contribution in [3.05, 3.63) is 63.4 Å². The summed E-state index contributed by atoms with van der Waals surface area (Å²) in [5, 5.41) is 3.34. The minimum Gasteiger partial charge on any atom is -0.376 e. The highest BCUT2D eigenvalue weighted by atomic mass is 79.9. The Morgan fingerprint density at radius 3 is 2.95 bits per heavy atom. The first kappa shape index (κ1) is 12.7. The summed E-state index contributed by atoms with van der Waals surface area (Å²) in [4.78, 5) is 0. The summed E-state index contributed by atoms with van der Waals surface area (Å²) in [6, 6.07) is 11.6. The fourth-order valence-electron chi connectivity index (χ4n) is 2.70.